The summed E-state index contributed by atoms with van der Waals surface area (Å²) in [5, 5.41) is 74.2. The first-order valence-electron chi connectivity index (χ1n) is 17.4. The third-order valence-electron chi connectivity index (χ3n) is 7.78. The monoisotopic (exact) mass is 1050 g/mol. The van der Waals surface area contributed by atoms with E-state index in [1.807, 2.05) is 0 Å². The molecule has 2 unspecified atom stereocenters. The number of hydrogen-bond donors (Lipinski definition) is 1. The molecule has 3 heterocycles. The van der Waals surface area contributed by atoms with Crippen molar-refractivity contribution >= 4 is 50.5 Å². The molecule has 1 saturated heterocycles. The van der Waals surface area contributed by atoms with Crippen molar-refractivity contribution < 1.29 is 84.1 Å². The van der Waals surface area contributed by atoms with Crippen LogP contribution < -0.4 is 11.4 Å². The van der Waals surface area contributed by atoms with Crippen LogP contribution in [0.5, 0.6) is 0 Å². The molecular formula is C25H36N12O26S4. The van der Waals surface area contributed by atoms with Gasteiger partial charge in [-0.15, -0.1) is 104 Å². The Morgan fingerprint density at radius 1 is 0.761 bits per heavy atom. The van der Waals surface area contributed by atoms with Gasteiger partial charge in [-0.2, -0.15) is 4.98 Å². The Morgan fingerprint density at radius 2 is 1.22 bits per heavy atom. The molecule has 376 valence electrons. The second-order valence-corrected chi connectivity index (χ2v) is 17.0. The summed E-state index contributed by atoms with van der Waals surface area (Å²) < 4.78 is 6.72. The molecule has 0 spiro atoms. The molecule has 0 amide bonds. The summed E-state index contributed by atoms with van der Waals surface area (Å²) in [6.07, 6.45) is -0.0249. The van der Waals surface area contributed by atoms with Crippen molar-refractivity contribution in [2.45, 2.75) is 38.0 Å². The van der Waals surface area contributed by atoms with Gasteiger partial charge in [-0.3, -0.25) is 4.57 Å². The van der Waals surface area contributed by atoms with Gasteiger partial charge in [-0.05, 0) is 19.4 Å². The highest BCUT2D eigenvalue weighted by Gasteiger charge is 2.37. The number of hydrogen-bond acceptors (Lipinski definition) is 33. The Balaban J connectivity index is 0.000000550. The zero-order chi connectivity index (χ0) is 50.7. The quantitative estimate of drug-likeness (QED) is 0.0481. The second-order valence-electron chi connectivity index (χ2n) is 12.4. The molecular weight excluding hydrogens is 1010 g/mol. The number of aromatic nitrogens is 3. The first kappa shape index (κ1) is 57.9. The smallest absolute Gasteiger partial charge is 0.351 e. The molecule has 1 aliphatic rings. The average Bonchev–Trinajstić information content (AvgIpc) is 3.90. The average molecular weight is 1050 g/mol. The van der Waals surface area contributed by atoms with E-state index in [0.717, 1.165) is 32.9 Å². The highest BCUT2D eigenvalue weighted by molar-refractivity contribution is 8.76. The maximum absolute atomic E-state index is 11.5. The Morgan fingerprint density at radius 3 is 1.63 bits per heavy atom. The molecule has 38 nitrogen and oxygen atoms in total. The second kappa shape index (κ2) is 29.5. The summed E-state index contributed by atoms with van der Waals surface area (Å²) in [4.78, 5) is 136. The Bertz CT molecular complexity index is 1970. The van der Waals surface area contributed by atoms with Crippen LogP contribution in [0, 0.1) is 98.7 Å². The van der Waals surface area contributed by atoms with Crippen LogP contribution in [0.1, 0.15) is 36.2 Å². The zero-order valence-corrected chi connectivity index (χ0v) is 37.3. The molecule has 3 rings (SSSR count). The van der Waals surface area contributed by atoms with Crippen molar-refractivity contribution in [2.24, 2.45) is 10.8 Å². The van der Waals surface area contributed by atoms with Gasteiger partial charge in [0.05, 0.1) is 21.5 Å². The number of nitrogens with two attached hydrogens (primary N) is 1. The number of nitrogens with zero attached hydrogens (tertiary/aromatic N) is 11. The molecule has 42 heteroatoms. The lowest BCUT2D eigenvalue weighted by atomic mass is 9.89. The van der Waals surface area contributed by atoms with Crippen LogP contribution in [0.3, 0.4) is 0 Å². The maximum atomic E-state index is 11.5. The first-order valence-corrected chi connectivity index (χ1v) is 21.8. The topological polar surface area (TPSA) is 502 Å². The van der Waals surface area contributed by atoms with E-state index in [4.69, 9.17) is 10.5 Å². The molecule has 0 aromatic carbocycles. The molecule has 2 N–H and O–H groups in total. The van der Waals surface area contributed by atoms with Crippen molar-refractivity contribution in [3.05, 3.63) is 120 Å². The summed E-state index contributed by atoms with van der Waals surface area (Å²) in [5.74, 6) is 0.306. The van der Waals surface area contributed by atoms with Crippen LogP contribution in [0.15, 0.2) is 22.6 Å². The number of thioether (sulfide) groups is 1. The van der Waals surface area contributed by atoms with Gasteiger partial charge in [-0.1, -0.05) is 28.5 Å². The van der Waals surface area contributed by atoms with E-state index in [1.165, 1.54) is 34.1 Å². The van der Waals surface area contributed by atoms with Crippen molar-refractivity contribution in [3.63, 3.8) is 0 Å². The predicted molar refractivity (Wildman–Crippen MR) is 218 cm³/mol. The molecule has 1 fully saturated rings. The minimum absolute atomic E-state index is 0.0335. The van der Waals surface area contributed by atoms with Crippen LogP contribution in [-0.4, -0.2) is 124 Å². The molecule has 67 heavy (non-hydrogen) atoms. The van der Waals surface area contributed by atoms with Gasteiger partial charge in [0.15, 0.2) is 6.10 Å². The molecule has 2 aromatic heterocycles. The summed E-state index contributed by atoms with van der Waals surface area (Å²) in [6.45, 7) is -1.21. The zero-order valence-electron chi connectivity index (χ0n) is 34.0. The van der Waals surface area contributed by atoms with Gasteiger partial charge >= 0.3 is 5.69 Å². The third kappa shape index (κ3) is 24.1. The van der Waals surface area contributed by atoms with Crippen LogP contribution in [0.25, 0.3) is 0 Å². The van der Waals surface area contributed by atoms with Crippen LogP contribution in [0.2, 0.25) is 0 Å². The van der Waals surface area contributed by atoms with Gasteiger partial charge in [0.2, 0.25) is 0 Å². The SMILES string of the molecule is CCC(CO[N+](=O)[O-])(CO[N+](=O)[O-])CSSCC(CO[N+](=O)[O-])(CO[N+](=O)[O-])CO[N+](=O)[O-].Cc1ncsc1C(CO[N+](=O)[O-])O[N+](=O)[O-].Nc1ccn(C2CS[C@@H](CO[N+](=O)[O-])O2)c(=O)n1. The van der Waals surface area contributed by atoms with E-state index >= 15 is 0 Å². The van der Waals surface area contributed by atoms with Crippen molar-refractivity contribution in [1.29, 1.82) is 0 Å². The number of rotatable bonds is 31. The Labute approximate surface area is 386 Å². The van der Waals surface area contributed by atoms with Crippen molar-refractivity contribution in [3.8, 4) is 0 Å². The van der Waals surface area contributed by atoms with Crippen LogP contribution in [-0.2, 0) is 43.4 Å². The van der Waals surface area contributed by atoms with Gasteiger partial charge < -0.3 is 49.2 Å². The van der Waals surface area contributed by atoms with E-state index in [9.17, 15) is 85.7 Å². The lowest BCUT2D eigenvalue weighted by Gasteiger charge is -2.32. The van der Waals surface area contributed by atoms with Gasteiger partial charge in [0.1, 0.15) is 63.7 Å². The number of nitrogen functional groups attached to an aromatic ring is 1. The highest BCUT2D eigenvalue weighted by atomic mass is 33.1. The van der Waals surface area contributed by atoms with Gasteiger partial charge in [-0.25, -0.2) is 9.78 Å². The first-order chi connectivity index (χ1) is 31.4. The molecule has 3 atom stereocenters. The van der Waals surface area contributed by atoms with E-state index in [-0.39, 0.29) is 30.4 Å². The number of thiazole rings is 1. The summed E-state index contributed by atoms with van der Waals surface area (Å²) in [6, 6.07) is 1.48. The molecule has 0 saturated carbocycles. The number of anilines is 1. The third-order valence-corrected chi connectivity index (χ3v) is 12.7. The summed E-state index contributed by atoms with van der Waals surface area (Å²) >= 11 is 2.44. The molecule has 1 aliphatic heterocycles. The van der Waals surface area contributed by atoms with Crippen molar-refractivity contribution in [2.75, 3.05) is 69.2 Å². The van der Waals surface area contributed by atoms with E-state index in [0.29, 0.717) is 16.3 Å². The normalized spacial score (nSPS) is 14.5. The predicted octanol–water partition coefficient (Wildman–Crippen LogP) is 1.32. The van der Waals surface area contributed by atoms with Gasteiger partial charge in [0.25, 0.3) is 40.7 Å². The number of aryl methyl sites for hydroxylation is 1. The molecule has 2 aromatic rings. The van der Waals surface area contributed by atoms with Crippen LogP contribution >= 0.6 is 44.7 Å². The van der Waals surface area contributed by atoms with Gasteiger partial charge in [0, 0.05) is 28.9 Å². The fourth-order valence-corrected chi connectivity index (χ4v) is 9.49. The number of ether oxygens (including phenoxy) is 1. The van der Waals surface area contributed by atoms with E-state index in [1.54, 1.807) is 13.8 Å². The fraction of sp³-hybridized carbons (Fsp3) is 0.720. The largest absolute Gasteiger partial charge is 0.383 e. The summed E-state index contributed by atoms with van der Waals surface area (Å²) in [7, 11) is 1.84. The van der Waals surface area contributed by atoms with Crippen LogP contribution in [0.4, 0.5) is 5.82 Å². The van der Waals surface area contributed by atoms with Crippen molar-refractivity contribution in [1.82, 2.24) is 14.5 Å². The molecule has 0 bridgehead atoms. The minimum Gasteiger partial charge on any atom is -0.383 e. The van der Waals surface area contributed by atoms with E-state index in [2.05, 4.69) is 48.7 Å². The molecule has 0 radical (unpaired) electrons. The lowest BCUT2D eigenvalue weighted by Crippen LogP contribution is -2.41. The lowest BCUT2D eigenvalue weighted by molar-refractivity contribution is -0.792. The summed E-state index contributed by atoms with van der Waals surface area (Å²) in [5.41, 5.74) is 3.42. The van der Waals surface area contributed by atoms with E-state index < -0.39 is 115 Å². The maximum Gasteiger partial charge on any atom is 0.351 e. The Hall–Kier alpha value is -7.08. The fourth-order valence-electron chi connectivity index (χ4n) is 4.41. The standard InChI is InChI=1S/C11H19N5O15S2.C8H10N4O5S.C6H7N3O6S/c1-2-10(3-27-12(17)18,4-28-13(19)20)8-32-33-9-11(5-29-14(21)22,6-30-15(23)24)7-31-16(25)26;9-5-1-2-11(8(13)10-5)6-4-18-7(17-6)3-16-12(14)15;1-4-6(16-3-7-4)5(15-9(12)13)2-14-8(10)11/h2-9H2,1H3;1-2,6-7H,3-4H2,(H2,9,10,13);3,5H,2H2,1H3/t;6?,7-;/m.0./s1. The Kier molecular flexibility index (Phi) is 25.5. The minimum atomic E-state index is -1.73. The highest BCUT2D eigenvalue weighted by Crippen LogP contribution is 2.38. The molecule has 0 aliphatic carbocycles.